The molecule has 0 heterocycles. The molecule has 2 rings (SSSR count). The summed E-state index contributed by atoms with van der Waals surface area (Å²) in [7, 11) is -4.06. The summed E-state index contributed by atoms with van der Waals surface area (Å²) in [6, 6.07) is 7.57. The van der Waals surface area contributed by atoms with Gasteiger partial charge in [-0.2, -0.15) is 0 Å². The van der Waals surface area contributed by atoms with Crippen LogP contribution in [-0.4, -0.2) is 21.0 Å². The first kappa shape index (κ1) is 17.5. The molecule has 9 heteroatoms. The molecule has 0 radical (unpaired) electrons. The van der Waals surface area contributed by atoms with E-state index in [-0.39, 0.29) is 28.4 Å². The topological polar surface area (TPSA) is 125 Å². The van der Waals surface area contributed by atoms with Crippen molar-refractivity contribution in [3.05, 3.63) is 47.8 Å². The Labute approximate surface area is 138 Å². The molecule has 24 heavy (non-hydrogen) atoms. The Morgan fingerprint density at radius 3 is 2.33 bits per heavy atom. The van der Waals surface area contributed by atoms with E-state index in [1.807, 2.05) is 0 Å². The predicted octanol–water partition coefficient (Wildman–Crippen LogP) is 1.97. The molecule has 0 saturated carbocycles. The maximum atomic E-state index is 13.3. The summed E-state index contributed by atoms with van der Waals surface area (Å²) in [5.41, 5.74) is 10.7. The molecule has 5 N–H and O–H groups in total. The molecule has 2 aromatic rings. The third-order valence-corrected chi connectivity index (χ3v) is 4.57. The number of benzene rings is 2. The van der Waals surface area contributed by atoms with Gasteiger partial charge in [0.15, 0.2) is 0 Å². The smallest absolute Gasteiger partial charge is 0.338 e. The number of esters is 1. The van der Waals surface area contributed by atoms with Gasteiger partial charge in [0, 0.05) is 5.69 Å². The normalized spacial score (nSPS) is 11.1. The number of nitrogens with two attached hydrogens (primary N) is 2. The van der Waals surface area contributed by atoms with Crippen LogP contribution in [0.3, 0.4) is 0 Å². The molecule has 0 aliphatic carbocycles. The Hall–Kier alpha value is -2.81. The second kappa shape index (κ2) is 6.75. The number of sulfonamides is 1. The van der Waals surface area contributed by atoms with Gasteiger partial charge < -0.3 is 16.2 Å². The highest BCUT2D eigenvalue weighted by molar-refractivity contribution is 7.92. The van der Waals surface area contributed by atoms with Crippen LogP contribution in [0.15, 0.2) is 41.3 Å². The number of hydrogen-bond donors (Lipinski definition) is 3. The first-order chi connectivity index (χ1) is 11.3. The number of hydrogen-bond acceptors (Lipinski definition) is 6. The van der Waals surface area contributed by atoms with E-state index in [9.17, 15) is 17.6 Å². The van der Waals surface area contributed by atoms with E-state index in [1.54, 1.807) is 6.92 Å². The minimum Gasteiger partial charge on any atom is -0.462 e. The lowest BCUT2D eigenvalue weighted by Crippen LogP contribution is -2.16. The van der Waals surface area contributed by atoms with Crippen molar-refractivity contribution in [3.8, 4) is 0 Å². The average Bonchev–Trinajstić information content (AvgIpc) is 2.53. The van der Waals surface area contributed by atoms with Crippen molar-refractivity contribution in [1.82, 2.24) is 0 Å². The van der Waals surface area contributed by atoms with Gasteiger partial charge in [0.2, 0.25) is 0 Å². The third-order valence-electron chi connectivity index (χ3n) is 3.13. The first-order valence-electron chi connectivity index (χ1n) is 6.89. The Bertz CT molecular complexity index is 867. The summed E-state index contributed by atoms with van der Waals surface area (Å²) in [6.07, 6.45) is 0. The zero-order chi connectivity index (χ0) is 17.9. The van der Waals surface area contributed by atoms with Crippen LogP contribution in [0, 0.1) is 5.82 Å². The summed E-state index contributed by atoms with van der Waals surface area (Å²) in [5, 5.41) is 0. The maximum absolute atomic E-state index is 13.3. The minimum absolute atomic E-state index is 0.199. The fraction of sp³-hybridized carbons (Fsp3) is 0.133. The van der Waals surface area contributed by atoms with Crippen LogP contribution in [0.2, 0.25) is 0 Å². The van der Waals surface area contributed by atoms with Crippen molar-refractivity contribution < 1.29 is 22.3 Å². The van der Waals surface area contributed by atoms with Gasteiger partial charge >= 0.3 is 5.97 Å². The average molecular weight is 353 g/mol. The molecule has 0 unspecified atom stereocenters. The molecule has 128 valence electrons. The largest absolute Gasteiger partial charge is 0.462 e. The molecule has 0 atom stereocenters. The van der Waals surface area contributed by atoms with Gasteiger partial charge in [0.1, 0.15) is 10.7 Å². The first-order valence-corrected chi connectivity index (χ1v) is 8.38. The van der Waals surface area contributed by atoms with Crippen LogP contribution in [0.1, 0.15) is 17.3 Å². The molecular formula is C15H16FN3O4S. The van der Waals surface area contributed by atoms with Crippen molar-refractivity contribution in [2.45, 2.75) is 11.8 Å². The quantitative estimate of drug-likeness (QED) is 0.557. The third kappa shape index (κ3) is 3.57. The molecule has 0 fully saturated rings. The highest BCUT2D eigenvalue weighted by Crippen LogP contribution is 2.28. The fourth-order valence-electron chi connectivity index (χ4n) is 1.92. The van der Waals surface area contributed by atoms with Gasteiger partial charge in [-0.15, -0.1) is 0 Å². The van der Waals surface area contributed by atoms with Crippen LogP contribution >= 0.6 is 0 Å². The molecule has 2 aromatic carbocycles. The Balaban J connectivity index is 2.27. The fourth-order valence-corrected chi connectivity index (χ4v) is 3.13. The summed E-state index contributed by atoms with van der Waals surface area (Å²) in [6.45, 7) is 1.91. The van der Waals surface area contributed by atoms with E-state index in [0.29, 0.717) is 0 Å². The Morgan fingerprint density at radius 1 is 1.12 bits per heavy atom. The molecule has 0 bridgehead atoms. The summed E-state index contributed by atoms with van der Waals surface area (Å²) in [5.74, 6) is -1.31. The Kier molecular flexibility index (Phi) is 4.93. The lowest BCUT2D eigenvalue weighted by molar-refractivity contribution is 0.0526. The second-order valence-corrected chi connectivity index (χ2v) is 6.43. The SMILES string of the molecule is CCOC(=O)c1ccc(NS(=O)(=O)c2ccc(F)c(N)c2N)cc1. The van der Waals surface area contributed by atoms with Crippen molar-refractivity contribution in [2.75, 3.05) is 22.8 Å². The van der Waals surface area contributed by atoms with Crippen molar-refractivity contribution >= 4 is 33.1 Å². The van der Waals surface area contributed by atoms with Gasteiger partial charge in [-0.25, -0.2) is 17.6 Å². The summed E-state index contributed by atoms with van der Waals surface area (Å²) in [4.78, 5) is 11.2. The van der Waals surface area contributed by atoms with E-state index >= 15 is 0 Å². The minimum atomic E-state index is -4.06. The molecule has 0 amide bonds. The van der Waals surface area contributed by atoms with Crippen LogP contribution in [0.5, 0.6) is 0 Å². The number of carbonyl (C=O) groups is 1. The molecule has 7 nitrogen and oxygen atoms in total. The maximum Gasteiger partial charge on any atom is 0.338 e. The van der Waals surface area contributed by atoms with Gasteiger partial charge in [0.05, 0.1) is 23.5 Å². The number of nitrogen functional groups attached to an aromatic ring is 2. The van der Waals surface area contributed by atoms with E-state index in [4.69, 9.17) is 16.2 Å². The van der Waals surface area contributed by atoms with E-state index in [1.165, 1.54) is 24.3 Å². The van der Waals surface area contributed by atoms with Crippen LogP contribution < -0.4 is 16.2 Å². The van der Waals surface area contributed by atoms with Crippen LogP contribution in [0.4, 0.5) is 21.5 Å². The highest BCUT2D eigenvalue weighted by Gasteiger charge is 2.21. The van der Waals surface area contributed by atoms with E-state index in [0.717, 1.165) is 12.1 Å². The lowest BCUT2D eigenvalue weighted by Gasteiger charge is -2.12. The zero-order valence-electron chi connectivity index (χ0n) is 12.7. The van der Waals surface area contributed by atoms with Crippen molar-refractivity contribution in [2.24, 2.45) is 0 Å². The molecule has 0 saturated heterocycles. The molecule has 0 spiro atoms. The standard InChI is InChI=1S/C15H16FN3O4S/c1-2-23-15(20)9-3-5-10(6-4-9)19-24(21,22)12-8-7-11(16)13(17)14(12)18/h3-8,19H,2,17-18H2,1H3. The lowest BCUT2D eigenvalue weighted by atomic mass is 10.2. The molecule has 0 aliphatic rings. The number of anilines is 3. The molecule has 0 aliphatic heterocycles. The summed E-state index contributed by atoms with van der Waals surface area (Å²) >= 11 is 0. The van der Waals surface area contributed by atoms with Gasteiger partial charge in [0.25, 0.3) is 10.0 Å². The number of nitrogens with one attached hydrogen (secondary N) is 1. The number of halogens is 1. The number of ether oxygens (including phenoxy) is 1. The zero-order valence-corrected chi connectivity index (χ0v) is 13.6. The van der Waals surface area contributed by atoms with Crippen molar-refractivity contribution in [1.29, 1.82) is 0 Å². The van der Waals surface area contributed by atoms with Gasteiger partial charge in [-0.05, 0) is 43.3 Å². The highest BCUT2D eigenvalue weighted by atomic mass is 32.2. The Morgan fingerprint density at radius 2 is 1.75 bits per heavy atom. The predicted molar refractivity (Wildman–Crippen MR) is 88.4 cm³/mol. The summed E-state index contributed by atoms with van der Waals surface area (Å²) < 4.78 is 45.1. The van der Waals surface area contributed by atoms with Crippen LogP contribution in [-0.2, 0) is 14.8 Å². The van der Waals surface area contributed by atoms with Crippen molar-refractivity contribution in [3.63, 3.8) is 0 Å². The van der Waals surface area contributed by atoms with Gasteiger partial charge in [-0.1, -0.05) is 0 Å². The number of carbonyl (C=O) groups excluding carboxylic acids is 1. The monoisotopic (exact) mass is 353 g/mol. The van der Waals surface area contributed by atoms with Gasteiger partial charge in [-0.3, -0.25) is 4.72 Å². The number of rotatable bonds is 5. The molecule has 0 aromatic heterocycles. The van der Waals surface area contributed by atoms with E-state index < -0.39 is 27.5 Å². The van der Waals surface area contributed by atoms with E-state index in [2.05, 4.69) is 4.72 Å². The second-order valence-electron chi connectivity index (χ2n) is 4.78. The van der Waals surface area contributed by atoms with Crippen LogP contribution in [0.25, 0.3) is 0 Å². The molecular weight excluding hydrogens is 337 g/mol.